The van der Waals surface area contributed by atoms with Gasteiger partial charge in [-0.15, -0.1) is 0 Å². The highest BCUT2D eigenvalue weighted by molar-refractivity contribution is 6.35. The van der Waals surface area contributed by atoms with Crippen molar-refractivity contribution in [1.82, 2.24) is 10.9 Å². The second-order valence-electron chi connectivity index (χ2n) is 5.53. The molecule has 2 amide bonds. The molecule has 2 N–H and O–H groups in total. The normalized spacial score (nSPS) is 15.7. The van der Waals surface area contributed by atoms with Gasteiger partial charge < -0.3 is 4.74 Å². The first kappa shape index (κ1) is 17.9. The first-order valence-electron chi connectivity index (χ1n) is 7.40. The van der Waals surface area contributed by atoms with E-state index in [4.69, 9.17) is 39.5 Å². The van der Waals surface area contributed by atoms with Crippen LogP contribution < -0.4 is 15.6 Å². The minimum Gasteiger partial charge on any atom is -0.492 e. The molecular formula is C17H13Cl3N2O3. The van der Waals surface area contributed by atoms with E-state index >= 15 is 0 Å². The monoisotopic (exact) mass is 398 g/mol. The Hall–Kier alpha value is -1.95. The summed E-state index contributed by atoms with van der Waals surface area (Å²) in [6, 6.07) is 9.77. The van der Waals surface area contributed by atoms with Crippen molar-refractivity contribution < 1.29 is 14.3 Å². The van der Waals surface area contributed by atoms with E-state index in [1.165, 1.54) is 12.1 Å². The highest BCUT2D eigenvalue weighted by Gasteiger charge is 2.26. The van der Waals surface area contributed by atoms with Gasteiger partial charge in [-0.2, -0.15) is 0 Å². The van der Waals surface area contributed by atoms with Gasteiger partial charge in [-0.1, -0.05) is 34.8 Å². The number of carbonyl (C=O) groups excluding carboxylic acids is 2. The van der Waals surface area contributed by atoms with Crippen molar-refractivity contribution in [2.24, 2.45) is 5.92 Å². The van der Waals surface area contributed by atoms with Crippen molar-refractivity contribution in [3.05, 3.63) is 62.6 Å². The Kier molecular flexibility index (Phi) is 5.37. The molecule has 3 rings (SSSR count). The van der Waals surface area contributed by atoms with Crippen LogP contribution in [0.25, 0.3) is 0 Å². The van der Waals surface area contributed by atoms with Crippen molar-refractivity contribution in [2.45, 2.75) is 6.42 Å². The van der Waals surface area contributed by atoms with Crippen molar-refractivity contribution in [2.75, 3.05) is 6.61 Å². The maximum absolute atomic E-state index is 12.3. The number of hydrogen-bond donors (Lipinski definition) is 2. The third-order valence-electron chi connectivity index (χ3n) is 3.77. The summed E-state index contributed by atoms with van der Waals surface area (Å²) in [6.45, 7) is 0.217. The lowest BCUT2D eigenvalue weighted by atomic mass is 9.96. The van der Waals surface area contributed by atoms with Gasteiger partial charge in [0.2, 0.25) is 5.91 Å². The molecular weight excluding hydrogens is 387 g/mol. The van der Waals surface area contributed by atoms with E-state index in [0.717, 1.165) is 5.56 Å². The lowest BCUT2D eigenvalue weighted by Crippen LogP contribution is -2.47. The number of carbonyl (C=O) groups is 2. The smallest absolute Gasteiger partial charge is 0.271 e. The van der Waals surface area contributed by atoms with E-state index in [-0.39, 0.29) is 23.1 Å². The van der Waals surface area contributed by atoms with Crippen molar-refractivity contribution in [3.63, 3.8) is 0 Å². The number of halogens is 3. The number of rotatable bonds is 2. The zero-order chi connectivity index (χ0) is 18.0. The fraction of sp³-hybridized carbons (Fsp3) is 0.176. The molecule has 0 saturated heterocycles. The summed E-state index contributed by atoms with van der Waals surface area (Å²) in [4.78, 5) is 24.4. The van der Waals surface area contributed by atoms with Gasteiger partial charge in [0.15, 0.2) is 0 Å². The van der Waals surface area contributed by atoms with Crippen LogP contribution in [0, 0.1) is 5.92 Å². The fourth-order valence-electron chi connectivity index (χ4n) is 2.49. The molecule has 25 heavy (non-hydrogen) atoms. The number of benzene rings is 2. The Morgan fingerprint density at radius 2 is 1.72 bits per heavy atom. The number of ether oxygens (including phenoxy) is 1. The molecule has 0 saturated carbocycles. The lowest BCUT2D eigenvalue weighted by molar-refractivity contribution is -0.127. The summed E-state index contributed by atoms with van der Waals surface area (Å²) in [5, 5.41) is 1.18. The third-order valence-corrected chi connectivity index (χ3v) is 4.57. The third kappa shape index (κ3) is 4.18. The van der Waals surface area contributed by atoms with Crippen LogP contribution in [0.4, 0.5) is 0 Å². The molecule has 8 heteroatoms. The second kappa shape index (κ2) is 7.52. The van der Waals surface area contributed by atoms with Gasteiger partial charge in [0.05, 0.1) is 16.5 Å². The van der Waals surface area contributed by atoms with Gasteiger partial charge in [-0.3, -0.25) is 20.4 Å². The van der Waals surface area contributed by atoms with Crippen LogP contribution in [0.15, 0.2) is 36.4 Å². The maximum atomic E-state index is 12.3. The quantitative estimate of drug-likeness (QED) is 0.757. The Bertz CT molecular complexity index is 842. The number of fused-ring (bicyclic) bond motifs is 1. The molecule has 0 fully saturated rings. The van der Waals surface area contributed by atoms with Crippen LogP contribution in [0.3, 0.4) is 0 Å². The minimum absolute atomic E-state index is 0.173. The summed E-state index contributed by atoms with van der Waals surface area (Å²) in [5.41, 5.74) is 5.75. The Balaban J connectivity index is 1.61. The molecule has 2 aromatic rings. The molecule has 0 spiro atoms. The molecule has 5 nitrogen and oxygen atoms in total. The predicted octanol–water partition coefficient (Wildman–Crippen LogP) is 3.66. The van der Waals surface area contributed by atoms with Crippen LogP contribution in [-0.2, 0) is 11.2 Å². The topological polar surface area (TPSA) is 67.4 Å². The van der Waals surface area contributed by atoms with Crippen molar-refractivity contribution in [3.8, 4) is 5.75 Å². The summed E-state index contributed by atoms with van der Waals surface area (Å²) in [6.07, 6.45) is 0.468. The van der Waals surface area contributed by atoms with E-state index in [1.807, 2.05) is 0 Å². The van der Waals surface area contributed by atoms with Crippen LogP contribution in [-0.4, -0.2) is 18.4 Å². The highest BCUT2D eigenvalue weighted by Crippen LogP contribution is 2.29. The predicted molar refractivity (Wildman–Crippen MR) is 96.2 cm³/mol. The average Bonchev–Trinajstić information content (AvgIpc) is 2.60. The lowest BCUT2D eigenvalue weighted by Gasteiger charge is -2.24. The van der Waals surface area contributed by atoms with Crippen molar-refractivity contribution >= 4 is 46.6 Å². The van der Waals surface area contributed by atoms with Crippen LogP contribution >= 0.6 is 34.8 Å². The van der Waals surface area contributed by atoms with Crippen molar-refractivity contribution in [1.29, 1.82) is 0 Å². The largest absolute Gasteiger partial charge is 0.492 e. The van der Waals surface area contributed by atoms with E-state index in [2.05, 4.69) is 10.9 Å². The molecule has 1 aliphatic heterocycles. The van der Waals surface area contributed by atoms with Gasteiger partial charge in [0.25, 0.3) is 5.91 Å². The Labute approximate surface area is 159 Å². The Morgan fingerprint density at radius 1 is 1.00 bits per heavy atom. The summed E-state index contributed by atoms with van der Waals surface area (Å²) >= 11 is 17.8. The minimum atomic E-state index is -0.555. The molecule has 0 radical (unpaired) electrons. The molecule has 0 aromatic heterocycles. The Morgan fingerprint density at radius 3 is 2.52 bits per heavy atom. The van der Waals surface area contributed by atoms with Crippen LogP contribution in [0.1, 0.15) is 15.9 Å². The number of nitrogens with one attached hydrogen (secondary N) is 2. The SMILES string of the molecule is O=C(NNC(=O)[C@H]1COc2ccc(Cl)cc2C1)c1cc(Cl)ccc1Cl. The molecule has 1 aliphatic rings. The van der Waals surface area contributed by atoms with Gasteiger partial charge in [0, 0.05) is 10.0 Å². The van der Waals surface area contributed by atoms with E-state index < -0.39 is 11.8 Å². The van der Waals surface area contributed by atoms with Gasteiger partial charge in [-0.05, 0) is 48.4 Å². The highest BCUT2D eigenvalue weighted by atomic mass is 35.5. The molecule has 0 unspecified atom stereocenters. The molecule has 0 bridgehead atoms. The number of hydrogen-bond acceptors (Lipinski definition) is 3. The van der Waals surface area contributed by atoms with Gasteiger partial charge in [-0.25, -0.2) is 0 Å². The number of amides is 2. The molecule has 1 heterocycles. The number of hydrazine groups is 1. The van der Waals surface area contributed by atoms with Gasteiger partial charge in [0.1, 0.15) is 12.4 Å². The zero-order valence-electron chi connectivity index (χ0n) is 12.8. The van der Waals surface area contributed by atoms with E-state index in [0.29, 0.717) is 22.2 Å². The first-order valence-corrected chi connectivity index (χ1v) is 8.54. The fourth-order valence-corrected chi connectivity index (χ4v) is 3.06. The maximum Gasteiger partial charge on any atom is 0.271 e. The standard InChI is InChI=1S/C17H13Cl3N2O3/c18-11-2-4-15-9(6-11)5-10(8-25-15)16(23)21-22-17(24)13-7-12(19)1-3-14(13)20/h1-4,6-7,10H,5,8H2,(H,21,23)(H,22,24)/t10-/m1/s1. The molecule has 130 valence electrons. The molecule has 2 aromatic carbocycles. The van der Waals surface area contributed by atoms with E-state index in [1.54, 1.807) is 24.3 Å². The summed E-state index contributed by atoms with van der Waals surface area (Å²) in [7, 11) is 0. The molecule has 0 aliphatic carbocycles. The van der Waals surface area contributed by atoms with Crippen LogP contribution in [0.2, 0.25) is 15.1 Å². The zero-order valence-corrected chi connectivity index (χ0v) is 15.1. The molecule has 1 atom stereocenters. The summed E-state index contributed by atoms with van der Waals surface area (Å²) < 4.78 is 5.57. The summed E-state index contributed by atoms with van der Waals surface area (Å²) in [5.74, 6) is -0.651. The second-order valence-corrected chi connectivity index (χ2v) is 6.81. The first-order chi connectivity index (χ1) is 11.9. The van der Waals surface area contributed by atoms with E-state index in [9.17, 15) is 9.59 Å². The van der Waals surface area contributed by atoms with Gasteiger partial charge >= 0.3 is 0 Å². The van der Waals surface area contributed by atoms with Crippen LogP contribution in [0.5, 0.6) is 5.75 Å². The average molecular weight is 400 g/mol.